The van der Waals surface area contributed by atoms with Gasteiger partial charge in [-0.25, -0.2) is 4.79 Å². The van der Waals surface area contributed by atoms with Crippen LogP contribution in [0.4, 0.5) is 10.5 Å². The zero-order valence-electron chi connectivity index (χ0n) is 11.6. The number of ether oxygens (including phenoxy) is 2. The summed E-state index contributed by atoms with van der Waals surface area (Å²) in [5.41, 5.74) is 1.52. The molecule has 0 aliphatic rings. The molecule has 0 heterocycles. The molecule has 2 aromatic carbocycles. The van der Waals surface area contributed by atoms with E-state index in [4.69, 9.17) is 9.47 Å². The van der Waals surface area contributed by atoms with Crippen LogP contribution in [0.1, 0.15) is 12.5 Å². The van der Waals surface area contributed by atoms with Gasteiger partial charge in [-0.1, -0.05) is 46.3 Å². The van der Waals surface area contributed by atoms with Gasteiger partial charge in [0.2, 0.25) is 0 Å². The molecular formula is C16H16BrNO3. The van der Waals surface area contributed by atoms with E-state index >= 15 is 0 Å². The third kappa shape index (κ3) is 4.79. The number of nitrogens with one attached hydrogen (secondary N) is 1. The Morgan fingerprint density at radius 1 is 1.19 bits per heavy atom. The molecule has 1 amide bonds. The van der Waals surface area contributed by atoms with Crippen molar-refractivity contribution in [3.63, 3.8) is 0 Å². The zero-order valence-corrected chi connectivity index (χ0v) is 13.2. The molecule has 1 N–H and O–H groups in total. The van der Waals surface area contributed by atoms with Gasteiger partial charge in [0.15, 0.2) is 0 Å². The van der Waals surface area contributed by atoms with Crippen molar-refractivity contribution in [3.05, 3.63) is 58.6 Å². The lowest BCUT2D eigenvalue weighted by Crippen LogP contribution is -2.14. The number of amides is 1. The molecule has 2 aromatic rings. The average molecular weight is 350 g/mol. The minimum Gasteiger partial charge on any atom is -0.492 e. The molecular weight excluding hydrogens is 334 g/mol. The van der Waals surface area contributed by atoms with Crippen LogP contribution in [0.25, 0.3) is 0 Å². The molecule has 0 aromatic heterocycles. The van der Waals surface area contributed by atoms with Gasteiger partial charge in [0.25, 0.3) is 0 Å². The van der Waals surface area contributed by atoms with Crippen LogP contribution in [-0.4, -0.2) is 12.7 Å². The minimum absolute atomic E-state index is 0.229. The van der Waals surface area contributed by atoms with Crippen LogP contribution in [0.5, 0.6) is 5.75 Å². The van der Waals surface area contributed by atoms with E-state index in [1.165, 1.54) is 0 Å². The lowest BCUT2D eigenvalue weighted by atomic mass is 10.2. The summed E-state index contributed by atoms with van der Waals surface area (Å²) in [6, 6.07) is 14.9. The van der Waals surface area contributed by atoms with Crippen molar-refractivity contribution in [1.82, 2.24) is 0 Å². The van der Waals surface area contributed by atoms with Gasteiger partial charge < -0.3 is 9.47 Å². The highest BCUT2D eigenvalue weighted by Crippen LogP contribution is 2.28. The van der Waals surface area contributed by atoms with Gasteiger partial charge in [0.05, 0.1) is 12.3 Å². The molecule has 110 valence electrons. The van der Waals surface area contributed by atoms with Gasteiger partial charge in [-0.15, -0.1) is 0 Å². The van der Waals surface area contributed by atoms with E-state index in [2.05, 4.69) is 21.2 Å². The standard InChI is InChI=1S/C16H16BrNO3/c1-2-20-15-10-13(17)8-9-14(15)18-16(19)21-11-12-6-4-3-5-7-12/h3-10H,2,11H2,1H3,(H,18,19). The summed E-state index contributed by atoms with van der Waals surface area (Å²) < 4.78 is 11.5. The molecule has 0 bridgehead atoms. The summed E-state index contributed by atoms with van der Waals surface area (Å²) in [6.07, 6.45) is -0.512. The van der Waals surface area contributed by atoms with Crippen LogP contribution in [0, 0.1) is 0 Å². The van der Waals surface area contributed by atoms with Crippen molar-refractivity contribution in [2.75, 3.05) is 11.9 Å². The monoisotopic (exact) mass is 349 g/mol. The average Bonchev–Trinajstić information content (AvgIpc) is 2.49. The predicted octanol–water partition coefficient (Wildman–Crippen LogP) is 4.60. The molecule has 0 spiro atoms. The van der Waals surface area contributed by atoms with Crippen molar-refractivity contribution < 1.29 is 14.3 Å². The highest BCUT2D eigenvalue weighted by Gasteiger charge is 2.09. The molecule has 0 saturated carbocycles. The predicted molar refractivity (Wildman–Crippen MR) is 85.6 cm³/mol. The van der Waals surface area contributed by atoms with Gasteiger partial charge in [0.1, 0.15) is 12.4 Å². The van der Waals surface area contributed by atoms with E-state index in [0.29, 0.717) is 18.0 Å². The lowest BCUT2D eigenvalue weighted by Gasteiger charge is -2.12. The summed E-state index contributed by atoms with van der Waals surface area (Å²) >= 11 is 3.37. The number of carbonyl (C=O) groups is 1. The Hall–Kier alpha value is -2.01. The third-order valence-corrected chi connectivity index (χ3v) is 3.19. The molecule has 0 unspecified atom stereocenters. The Bertz CT molecular complexity index is 602. The fourth-order valence-corrected chi connectivity index (χ4v) is 2.08. The molecule has 21 heavy (non-hydrogen) atoms. The van der Waals surface area contributed by atoms with Crippen LogP contribution < -0.4 is 10.1 Å². The summed E-state index contributed by atoms with van der Waals surface area (Å²) in [6.45, 7) is 2.63. The van der Waals surface area contributed by atoms with Crippen LogP contribution in [0.3, 0.4) is 0 Å². The van der Waals surface area contributed by atoms with Crippen LogP contribution in [0.2, 0.25) is 0 Å². The first-order valence-electron chi connectivity index (χ1n) is 6.59. The van der Waals surface area contributed by atoms with E-state index < -0.39 is 6.09 Å². The molecule has 0 atom stereocenters. The van der Waals surface area contributed by atoms with Crippen molar-refractivity contribution in [1.29, 1.82) is 0 Å². The van der Waals surface area contributed by atoms with Gasteiger partial charge in [-0.05, 0) is 30.7 Å². The molecule has 0 aliphatic carbocycles. The molecule has 4 nitrogen and oxygen atoms in total. The Morgan fingerprint density at radius 2 is 1.95 bits per heavy atom. The lowest BCUT2D eigenvalue weighted by molar-refractivity contribution is 0.155. The van der Waals surface area contributed by atoms with Crippen molar-refractivity contribution in [2.45, 2.75) is 13.5 Å². The highest BCUT2D eigenvalue weighted by molar-refractivity contribution is 9.10. The quantitative estimate of drug-likeness (QED) is 0.858. The first-order chi connectivity index (χ1) is 10.2. The van der Waals surface area contributed by atoms with Crippen molar-refractivity contribution in [3.8, 4) is 5.75 Å². The summed E-state index contributed by atoms with van der Waals surface area (Å²) in [5.74, 6) is 0.600. The highest BCUT2D eigenvalue weighted by atomic mass is 79.9. The number of benzene rings is 2. The first kappa shape index (κ1) is 15.4. The smallest absolute Gasteiger partial charge is 0.412 e. The third-order valence-electron chi connectivity index (χ3n) is 2.69. The first-order valence-corrected chi connectivity index (χ1v) is 7.38. The fourth-order valence-electron chi connectivity index (χ4n) is 1.74. The number of halogens is 1. The number of rotatable bonds is 5. The SMILES string of the molecule is CCOc1cc(Br)ccc1NC(=O)OCc1ccccc1. The topological polar surface area (TPSA) is 47.6 Å². The summed E-state index contributed by atoms with van der Waals surface area (Å²) in [5, 5.41) is 2.69. The molecule has 0 radical (unpaired) electrons. The Kier molecular flexibility index (Phi) is 5.63. The number of anilines is 1. The normalized spacial score (nSPS) is 10.0. The largest absolute Gasteiger partial charge is 0.492 e. The molecule has 2 rings (SSSR count). The molecule has 0 fully saturated rings. The van der Waals surface area contributed by atoms with Crippen molar-refractivity contribution in [2.24, 2.45) is 0 Å². The molecule has 0 aliphatic heterocycles. The van der Waals surface area contributed by atoms with E-state index in [1.807, 2.05) is 43.3 Å². The molecule has 0 saturated heterocycles. The van der Waals surface area contributed by atoms with Crippen LogP contribution in [-0.2, 0) is 11.3 Å². The summed E-state index contributed by atoms with van der Waals surface area (Å²) in [4.78, 5) is 11.8. The van der Waals surface area contributed by atoms with E-state index in [0.717, 1.165) is 10.0 Å². The zero-order chi connectivity index (χ0) is 15.1. The maximum absolute atomic E-state index is 11.8. The van der Waals surface area contributed by atoms with Gasteiger partial charge in [0, 0.05) is 4.47 Å². The Balaban J connectivity index is 1.96. The van der Waals surface area contributed by atoms with Gasteiger partial charge in [-0.2, -0.15) is 0 Å². The van der Waals surface area contributed by atoms with E-state index in [-0.39, 0.29) is 6.61 Å². The second kappa shape index (κ2) is 7.69. The van der Waals surface area contributed by atoms with Gasteiger partial charge in [-0.3, -0.25) is 5.32 Å². The molecule has 5 heteroatoms. The minimum atomic E-state index is -0.512. The maximum Gasteiger partial charge on any atom is 0.412 e. The second-order valence-electron chi connectivity index (χ2n) is 4.26. The number of hydrogen-bond acceptors (Lipinski definition) is 3. The summed E-state index contributed by atoms with van der Waals surface area (Å²) in [7, 11) is 0. The Labute approximate surface area is 132 Å². The fraction of sp³-hybridized carbons (Fsp3) is 0.188. The second-order valence-corrected chi connectivity index (χ2v) is 5.18. The van der Waals surface area contributed by atoms with Crippen molar-refractivity contribution >= 4 is 27.7 Å². The number of hydrogen-bond donors (Lipinski definition) is 1. The van der Waals surface area contributed by atoms with Crippen LogP contribution in [0.15, 0.2) is 53.0 Å². The van der Waals surface area contributed by atoms with E-state index in [1.54, 1.807) is 12.1 Å². The Morgan fingerprint density at radius 3 is 2.67 bits per heavy atom. The van der Waals surface area contributed by atoms with Crippen LogP contribution >= 0.6 is 15.9 Å². The maximum atomic E-state index is 11.8. The number of carbonyl (C=O) groups excluding carboxylic acids is 1. The van der Waals surface area contributed by atoms with E-state index in [9.17, 15) is 4.79 Å². The van der Waals surface area contributed by atoms with Gasteiger partial charge >= 0.3 is 6.09 Å².